The van der Waals surface area contributed by atoms with Gasteiger partial charge >= 0.3 is 6.18 Å². The van der Waals surface area contributed by atoms with Gasteiger partial charge in [0.2, 0.25) is 0 Å². The summed E-state index contributed by atoms with van der Waals surface area (Å²) < 4.78 is 37.5. The van der Waals surface area contributed by atoms with Gasteiger partial charge in [-0.3, -0.25) is 11.3 Å². The Labute approximate surface area is 108 Å². The molecule has 0 aliphatic carbocycles. The molecule has 1 unspecified atom stereocenters. The molecule has 0 spiro atoms. The zero-order valence-corrected chi connectivity index (χ0v) is 11.5. The number of nitrogens with zero attached hydrogens (tertiary/aromatic N) is 2. The van der Waals surface area contributed by atoms with Crippen molar-refractivity contribution < 1.29 is 13.2 Å². The fourth-order valence-electron chi connectivity index (χ4n) is 1.44. The van der Waals surface area contributed by atoms with Crippen LogP contribution in [0, 0.1) is 0 Å². The molecule has 1 aromatic heterocycles. The van der Waals surface area contributed by atoms with Gasteiger partial charge < -0.3 is 4.90 Å². The minimum absolute atomic E-state index is 0.430. The maximum absolute atomic E-state index is 12.5. The molecule has 104 valence electrons. The molecule has 18 heavy (non-hydrogen) atoms. The molecule has 1 heterocycles. The van der Waals surface area contributed by atoms with E-state index < -0.39 is 22.8 Å². The van der Waals surface area contributed by atoms with Gasteiger partial charge in [0.25, 0.3) is 0 Å². The second-order valence-corrected chi connectivity index (χ2v) is 5.78. The molecule has 1 atom stereocenters. The lowest BCUT2D eigenvalue weighted by Gasteiger charge is -2.39. The van der Waals surface area contributed by atoms with Crippen LogP contribution >= 0.6 is 11.3 Å². The second-order valence-electron chi connectivity index (χ2n) is 4.71. The third-order valence-electron chi connectivity index (χ3n) is 3.08. The van der Waals surface area contributed by atoms with Crippen LogP contribution in [0.2, 0.25) is 0 Å². The highest BCUT2D eigenvalue weighted by atomic mass is 32.1. The molecule has 3 N–H and O–H groups in total. The first-order chi connectivity index (χ1) is 8.10. The lowest BCUT2D eigenvalue weighted by atomic mass is 9.93. The summed E-state index contributed by atoms with van der Waals surface area (Å²) in [6.07, 6.45) is -3.19. The lowest BCUT2D eigenvalue weighted by molar-refractivity contribution is -0.137. The van der Waals surface area contributed by atoms with E-state index in [4.69, 9.17) is 5.84 Å². The minimum atomic E-state index is -4.41. The summed E-state index contributed by atoms with van der Waals surface area (Å²) >= 11 is 0.612. The molecule has 0 fully saturated rings. The molecule has 0 aliphatic rings. The Morgan fingerprint density at radius 3 is 2.28 bits per heavy atom. The van der Waals surface area contributed by atoms with E-state index in [2.05, 4.69) is 10.4 Å². The zero-order chi connectivity index (χ0) is 14.1. The van der Waals surface area contributed by atoms with Crippen LogP contribution in [0.3, 0.4) is 0 Å². The quantitative estimate of drug-likeness (QED) is 0.655. The summed E-state index contributed by atoms with van der Waals surface area (Å²) in [5.41, 5.74) is 2.13. The molecule has 0 saturated heterocycles. The first-order valence-electron chi connectivity index (χ1n) is 5.27. The zero-order valence-electron chi connectivity index (χ0n) is 10.7. The van der Waals surface area contributed by atoms with Crippen molar-refractivity contribution in [3.63, 3.8) is 0 Å². The van der Waals surface area contributed by atoms with E-state index in [9.17, 15) is 13.2 Å². The average Bonchev–Trinajstić information content (AvgIpc) is 2.66. The monoisotopic (exact) mass is 282 g/mol. The maximum Gasteiger partial charge on any atom is 0.443 e. The van der Waals surface area contributed by atoms with Crippen molar-refractivity contribution in [3.8, 4) is 0 Å². The number of hydrogen-bond donors (Lipinski definition) is 2. The van der Waals surface area contributed by atoms with E-state index in [0.29, 0.717) is 16.2 Å². The van der Waals surface area contributed by atoms with Gasteiger partial charge in [0.1, 0.15) is 0 Å². The van der Waals surface area contributed by atoms with Crippen molar-refractivity contribution in [2.45, 2.75) is 31.6 Å². The standard InChI is InChI=1S/C10H17F3N4S/c1-9(2,17(3)4)7(16-14)6-5-15-8(18-6)10(11,12)13/h5,7,16H,14H2,1-4H3. The number of nitrogens with one attached hydrogen (secondary N) is 1. The van der Waals surface area contributed by atoms with E-state index in [-0.39, 0.29) is 0 Å². The summed E-state index contributed by atoms with van der Waals surface area (Å²) in [5, 5.41) is -0.854. The third-order valence-corrected chi connectivity index (χ3v) is 4.18. The predicted octanol–water partition coefficient (Wildman–Crippen LogP) is 2.01. The first kappa shape index (κ1) is 15.4. The Morgan fingerprint density at radius 2 is 1.94 bits per heavy atom. The molecule has 0 amide bonds. The Balaban J connectivity index is 3.08. The van der Waals surface area contributed by atoms with Crippen LogP contribution in [0.25, 0.3) is 0 Å². The number of likely N-dealkylation sites (N-methyl/N-ethyl adjacent to an activating group) is 1. The lowest BCUT2D eigenvalue weighted by Crippen LogP contribution is -2.50. The van der Waals surface area contributed by atoms with E-state index in [1.54, 1.807) is 0 Å². The molecule has 0 bridgehead atoms. The largest absolute Gasteiger partial charge is 0.443 e. The number of rotatable bonds is 4. The van der Waals surface area contributed by atoms with Crippen molar-refractivity contribution >= 4 is 11.3 Å². The maximum atomic E-state index is 12.5. The van der Waals surface area contributed by atoms with Gasteiger partial charge in [0.05, 0.1) is 6.04 Å². The van der Waals surface area contributed by atoms with Crippen LogP contribution in [0.15, 0.2) is 6.20 Å². The molecule has 4 nitrogen and oxygen atoms in total. The summed E-state index contributed by atoms with van der Waals surface area (Å²) in [5.74, 6) is 5.47. The molecule has 8 heteroatoms. The summed E-state index contributed by atoms with van der Waals surface area (Å²) in [6.45, 7) is 3.79. The molecule has 1 aromatic rings. The average molecular weight is 282 g/mol. The Morgan fingerprint density at radius 1 is 1.39 bits per heavy atom. The van der Waals surface area contributed by atoms with Crippen LogP contribution < -0.4 is 11.3 Å². The highest BCUT2D eigenvalue weighted by Gasteiger charge is 2.38. The summed E-state index contributed by atoms with van der Waals surface area (Å²) in [4.78, 5) is 5.76. The van der Waals surface area contributed by atoms with Gasteiger partial charge in [-0.15, -0.1) is 11.3 Å². The van der Waals surface area contributed by atoms with Gasteiger partial charge in [-0.2, -0.15) is 13.2 Å². The Bertz CT molecular complexity index is 400. The number of thiazole rings is 1. The van der Waals surface area contributed by atoms with Crippen molar-refractivity contribution in [1.82, 2.24) is 15.3 Å². The topological polar surface area (TPSA) is 54.2 Å². The van der Waals surface area contributed by atoms with Crippen LogP contribution in [0.4, 0.5) is 13.2 Å². The normalized spacial score (nSPS) is 15.2. The van der Waals surface area contributed by atoms with Gasteiger partial charge in [0.15, 0.2) is 5.01 Å². The van der Waals surface area contributed by atoms with E-state index in [1.165, 1.54) is 6.20 Å². The molecule has 0 aromatic carbocycles. The fourth-order valence-corrected chi connectivity index (χ4v) is 2.47. The highest BCUT2D eigenvalue weighted by molar-refractivity contribution is 7.11. The molecular weight excluding hydrogens is 265 g/mol. The smallest absolute Gasteiger partial charge is 0.302 e. The van der Waals surface area contributed by atoms with Crippen molar-refractivity contribution in [3.05, 3.63) is 16.1 Å². The molecule has 0 radical (unpaired) electrons. The molecule has 1 rings (SSSR count). The molecule has 0 saturated carbocycles. The van der Waals surface area contributed by atoms with Gasteiger partial charge in [-0.1, -0.05) is 0 Å². The number of alkyl halides is 3. The second kappa shape index (κ2) is 5.12. The van der Waals surface area contributed by atoms with Gasteiger partial charge in [-0.25, -0.2) is 4.98 Å². The molecule has 0 aliphatic heterocycles. The van der Waals surface area contributed by atoms with Crippen LogP contribution in [0.1, 0.15) is 29.8 Å². The van der Waals surface area contributed by atoms with E-state index in [0.717, 1.165) is 0 Å². The van der Waals surface area contributed by atoms with Gasteiger partial charge in [0, 0.05) is 16.6 Å². The highest BCUT2D eigenvalue weighted by Crippen LogP contribution is 2.37. The van der Waals surface area contributed by atoms with Crippen molar-refractivity contribution in [1.29, 1.82) is 0 Å². The van der Waals surface area contributed by atoms with E-state index in [1.807, 2.05) is 32.8 Å². The first-order valence-corrected chi connectivity index (χ1v) is 6.08. The number of nitrogens with two attached hydrogens (primary N) is 1. The number of hydrazine groups is 1. The summed E-state index contributed by atoms with van der Waals surface area (Å²) in [6, 6.07) is -0.430. The number of hydrogen-bond acceptors (Lipinski definition) is 5. The minimum Gasteiger partial charge on any atom is -0.302 e. The van der Waals surface area contributed by atoms with Crippen LogP contribution in [-0.2, 0) is 6.18 Å². The Hall–Kier alpha value is -0.700. The molecular formula is C10H17F3N4S. The van der Waals surface area contributed by atoms with Crippen molar-refractivity contribution in [2.24, 2.45) is 5.84 Å². The van der Waals surface area contributed by atoms with Crippen LogP contribution in [0.5, 0.6) is 0 Å². The number of halogens is 3. The SMILES string of the molecule is CN(C)C(C)(C)C(NN)c1cnc(C(F)(F)F)s1. The fraction of sp³-hybridized carbons (Fsp3) is 0.700. The Kier molecular flexibility index (Phi) is 4.37. The summed E-state index contributed by atoms with van der Waals surface area (Å²) in [7, 11) is 3.69. The number of aromatic nitrogens is 1. The van der Waals surface area contributed by atoms with Gasteiger partial charge in [-0.05, 0) is 27.9 Å². The van der Waals surface area contributed by atoms with Crippen LogP contribution in [-0.4, -0.2) is 29.5 Å². The predicted molar refractivity (Wildman–Crippen MR) is 64.9 cm³/mol. The van der Waals surface area contributed by atoms with E-state index >= 15 is 0 Å². The third kappa shape index (κ3) is 3.00. The van der Waals surface area contributed by atoms with Crippen molar-refractivity contribution in [2.75, 3.05) is 14.1 Å².